The Bertz CT molecular complexity index is 1080. The van der Waals surface area contributed by atoms with Crippen LogP contribution in [0.4, 0.5) is 4.79 Å². The van der Waals surface area contributed by atoms with Crippen LogP contribution in [0.15, 0.2) is 71.9 Å². The average molecular weight is 448 g/mol. The van der Waals surface area contributed by atoms with E-state index in [2.05, 4.69) is 33.7 Å². The van der Waals surface area contributed by atoms with Gasteiger partial charge >= 0.3 is 12.0 Å². The fourth-order valence-electron chi connectivity index (χ4n) is 4.26. The molecule has 2 aliphatic heterocycles. The lowest BCUT2D eigenvalue weighted by Crippen LogP contribution is -2.48. The van der Waals surface area contributed by atoms with Crippen LogP contribution < -0.4 is 15.4 Å². The first-order chi connectivity index (χ1) is 16.1. The molecular weight excluding hydrogens is 418 g/mol. The highest BCUT2D eigenvalue weighted by molar-refractivity contribution is 5.95. The summed E-state index contributed by atoms with van der Waals surface area (Å²) in [6.07, 6.45) is 3.11. The van der Waals surface area contributed by atoms with Crippen molar-refractivity contribution in [2.45, 2.75) is 19.4 Å². The second kappa shape index (κ2) is 10.4. The molecular formula is C26H29N3O4. The van der Waals surface area contributed by atoms with Crippen LogP contribution >= 0.6 is 0 Å². The normalized spacial score (nSPS) is 18.8. The van der Waals surface area contributed by atoms with Gasteiger partial charge in [-0.05, 0) is 42.2 Å². The number of amides is 2. The molecule has 0 radical (unpaired) electrons. The van der Waals surface area contributed by atoms with Gasteiger partial charge in [0.1, 0.15) is 5.75 Å². The van der Waals surface area contributed by atoms with Gasteiger partial charge in [-0.2, -0.15) is 0 Å². The Labute approximate surface area is 194 Å². The first-order valence-corrected chi connectivity index (χ1v) is 11.2. The highest BCUT2D eigenvalue weighted by Gasteiger charge is 2.34. The minimum Gasteiger partial charge on any atom is -0.497 e. The van der Waals surface area contributed by atoms with Gasteiger partial charge in [-0.1, -0.05) is 48.5 Å². The highest BCUT2D eigenvalue weighted by Crippen LogP contribution is 2.31. The first kappa shape index (κ1) is 22.6. The van der Waals surface area contributed by atoms with Gasteiger partial charge in [0.05, 0.1) is 25.3 Å². The van der Waals surface area contributed by atoms with E-state index >= 15 is 0 Å². The van der Waals surface area contributed by atoms with Crippen molar-refractivity contribution in [3.8, 4) is 5.75 Å². The van der Waals surface area contributed by atoms with Crippen molar-refractivity contribution in [2.24, 2.45) is 0 Å². The number of carbonyl (C=O) groups excluding carboxylic acids is 2. The largest absolute Gasteiger partial charge is 0.497 e. The number of rotatable bonds is 7. The van der Waals surface area contributed by atoms with Crippen LogP contribution in [-0.4, -0.2) is 50.3 Å². The van der Waals surface area contributed by atoms with Crippen LogP contribution in [0.1, 0.15) is 30.5 Å². The molecule has 4 rings (SSSR count). The van der Waals surface area contributed by atoms with E-state index < -0.39 is 12.0 Å². The monoisotopic (exact) mass is 447 g/mol. The highest BCUT2D eigenvalue weighted by atomic mass is 16.5. The maximum Gasteiger partial charge on any atom is 0.338 e. The van der Waals surface area contributed by atoms with Gasteiger partial charge in [0, 0.05) is 25.3 Å². The SMILES string of the molecule is CCOC(=O)C1=C(CN2CC=C(c3ccccc3)CC2)NC(=O)NC1c1cccc(OC)c1. The van der Waals surface area contributed by atoms with Gasteiger partial charge in [-0.15, -0.1) is 0 Å². The third-order valence-electron chi connectivity index (χ3n) is 5.90. The van der Waals surface area contributed by atoms with Crippen LogP contribution in [0.3, 0.4) is 0 Å². The van der Waals surface area contributed by atoms with Crippen LogP contribution in [0.25, 0.3) is 5.57 Å². The summed E-state index contributed by atoms with van der Waals surface area (Å²) in [5.74, 6) is 0.213. The molecule has 0 bridgehead atoms. The van der Waals surface area contributed by atoms with Gasteiger partial charge in [0.15, 0.2) is 0 Å². The standard InChI is InChI=1S/C26H29N3O4/c1-3-33-25(30)23-22(17-29-14-12-19(13-15-29)18-8-5-4-6-9-18)27-26(31)28-24(23)20-10-7-11-21(16-20)32-2/h4-12,16,24H,3,13-15,17H2,1-2H3,(H2,27,28,31). The van der Waals surface area contributed by atoms with E-state index in [9.17, 15) is 9.59 Å². The zero-order chi connectivity index (χ0) is 23.2. The summed E-state index contributed by atoms with van der Waals surface area (Å²) < 4.78 is 10.7. The molecule has 2 heterocycles. The molecule has 172 valence electrons. The number of esters is 1. The van der Waals surface area contributed by atoms with Gasteiger partial charge in [0.2, 0.25) is 0 Å². The molecule has 2 aliphatic rings. The van der Waals surface area contributed by atoms with E-state index in [1.54, 1.807) is 14.0 Å². The molecule has 2 aromatic rings. The summed E-state index contributed by atoms with van der Waals surface area (Å²) in [5.41, 5.74) is 4.30. The van der Waals surface area contributed by atoms with Crippen LogP contribution in [0.2, 0.25) is 0 Å². The maximum atomic E-state index is 13.0. The van der Waals surface area contributed by atoms with Crippen molar-refractivity contribution in [3.05, 3.63) is 83.1 Å². The molecule has 7 heteroatoms. The van der Waals surface area contributed by atoms with Crippen LogP contribution in [-0.2, 0) is 9.53 Å². The second-order valence-corrected chi connectivity index (χ2v) is 8.00. The van der Waals surface area contributed by atoms with Crippen molar-refractivity contribution in [2.75, 3.05) is 33.4 Å². The molecule has 0 saturated heterocycles. The van der Waals surface area contributed by atoms with Crippen molar-refractivity contribution >= 4 is 17.6 Å². The van der Waals surface area contributed by atoms with E-state index in [0.717, 1.165) is 25.1 Å². The van der Waals surface area contributed by atoms with Gasteiger partial charge in [-0.3, -0.25) is 4.90 Å². The number of urea groups is 1. The molecule has 2 N–H and O–H groups in total. The average Bonchev–Trinajstić information content (AvgIpc) is 2.85. The number of nitrogens with zero attached hydrogens (tertiary/aromatic N) is 1. The minimum absolute atomic E-state index is 0.251. The lowest BCUT2D eigenvalue weighted by Gasteiger charge is -2.33. The third kappa shape index (κ3) is 5.26. The van der Waals surface area contributed by atoms with Crippen LogP contribution in [0.5, 0.6) is 5.75 Å². The quantitative estimate of drug-likeness (QED) is 0.634. The Balaban J connectivity index is 1.62. The van der Waals surface area contributed by atoms with Crippen molar-refractivity contribution < 1.29 is 19.1 Å². The Morgan fingerprint density at radius 3 is 2.67 bits per heavy atom. The Kier molecular flexibility index (Phi) is 7.10. The lowest BCUT2D eigenvalue weighted by atomic mass is 9.94. The molecule has 7 nitrogen and oxygen atoms in total. The smallest absolute Gasteiger partial charge is 0.338 e. The predicted octanol–water partition coefficient (Wildman–Crippen LogP) is 3.66. The number of methoxy groups -OCH3 is 1. The summed E-state index contributed by atoms with van der Waals surface area (Å²) >= 11 is 0. The summed E-state index contributed by atoms with van der Waals surface area (Å²) in [6.45, 7) is 4.03. The van der Waals surface area contributed by atoms with Crippen molar-refractivity contribution in [1.82, 2.24) is 15.5 Å². The molecule has 0 aliphatic carbocycles. The molecule has 33 heavy (non-hydrogen) atoms. The lowest BCUT2D eigenvalue weighted by molar-refractivity contribution is -0.139. The topological polar surface area (TPSA) is 79.9 Å². The Morgan fingerprint density at radius 1 is 1.15 bits per heavy atom. The molecule has 0 aromatic heterocycles. The number of nitrogens with one attached hydrogen (secondary N) is 2. The van der Waals surface area contributed by atoms with Crippen molar-refractivity contribution in [1.29, 1.82) is 0 Å². The maximum absolute atomic E-state index is 13.0. The number of ether oxygens (including phenoxy) is 2. The Hall–Kier alpha value is -3.58. The molecule has 1 unspecified atom stereocenters. The number of carbonyl (C=O) groups is 2. The fourth-order valence-corrected chi connectivity index (χ4v) is 4.26. The number of benzene rings is 2. The Morgan fingerprint density at radius 2 is 1.97 bits per heavy atom. The zero-order valence-electron chi connectivity index (χ0n) is 19.0. The molecule has 2 aromatic carbocycles. The molecule has 0 spiro atoms. The molecule has 2 amide bonds. The molecule has 0 fully saturated rings. The van der Waals surface area contributed by atoms with E-state index in [4.69, 9.17) is 9.47 Å². The number of hydrogen-bond acceptors (Lipinski definition) is 5. The van der Waals surface area contributed by atoms with Gasteiger partial charge < -0.3 is 20.1 Å². The van der Waals surface area contributed by atoms with Gasteiger partial charge in [-0.25, -0.2) is 9.59 Å². The third-order valence-corrected chi connectivity index (χ3v) is 5.90. The minimum atomic E-state index is -0.622. The predicted molar refractivity (Wildman–Crippen MR) is 127 cm³/mol. The zero-order valence-corrected chi connectivity index (χ0v) is 19.0. The van der Waals surface area contributed by atoms with E-state index in [1.807, 2.05) is 42.5 Å². The summed E-state index contributed by atoms with van der Waals surface area (Å²) in [5, 5.41) is 5.73. The second-order valence-electron chi connectivity index (χ2n) is 8.00. The van der Waals surface area contributed by atoms with E-state index in [1.165, 1.54) is 11.1 Å². The van der Waals surface area contributed by atoms with Crippen molar-refractivity contribution in [3.63, 3.8) is 0 Å². The van der Waals surface area contributed by atoms with Crippen LogP contribution in [0, 0.1) is 0 Å². The first-order valence-electron chi connectivity index (χ1n) is 11.2. The number of hydrogen-bond donors (Lipinski definition) is 2. The fraction of sp³-hybridized carbons (Fsp3) is 0.308. The van der Waals surface area contributed by atoms with E-state index in [0.29, 0.717) is 23.6 Å². The summed E-state index contributed by atoms with van der Waals surface area (Å²) in [6, 6.07) is 16.7. The molecule has 0 saturated carbocycles. The summed E-state index contributed by atoms with van der Waals surface area (Å²) in [4.78, 5) is 27.8. The van der Waals surface area contributed by atoms with Gasteiger partial charge in [0.25, 0.3) is 0 Å². The summed E-state index contributed by atoms with van der Waals surface area (Å²) in [7, 11) is 1.58. The molecule has 1 atom stereocenters. The van der Waals surface area contributed by atoms with E-state index in [-0.39, 0.29) is 12.6 Å².